The van der Waals surface area contributed by atoms with Crippen LogP contribution in [0.15, 0.2) is 35.0 Å². The Hall–Kier alpha value is -1.72. The molecule has 0 radical (unpaired) electrons. The molecule has 3 heterocycles. The summed E-state index contributed by atoms with van der Waals surface area (Å²) in [6.45, 7) is 4.34. The van der Waals surface area contributed by atoms with E-state index in [1.165, 1.54) is 32.4 Å². The van der Waals surface area contributed by atoms with Crippen LogP contribution >= 0.6 is 0 Å². The SMILES string of the molecule is CN(CCN1C[C@@H]2CC[C@H]1C2)Cc1cc(-c2ccccn2)no1. The molecule has 23 heavy (non-hydrogen) atoms. The van der Waals surface area contributed by atoms with Crippen molar-refractivity contribution in [1.82, 2.24) is 19.9 Å². The molecule has 0 spiro atoms. The van der Waals surface area contributed by atoms with Gasteiger partial charge in [-0.15, -0.1) is 0 Å². The number of pyridine rings is 1. The summed E-state index contributed by atoms with van der Waals surface area (Å²) in [5, 5.41) is 4.13. The molecule has 122 valence electrons. The number of hydrogen-bond acceptors (Lipinski definition) is 5. The third kappa shape index (κ3) is 3.31. The summed E-state index contributed by atoms with van der Waals surface area (Å²) in [6.07, 6.45) is 6.06. The van der Waals surface area contributed by atoms with Gasteiger partial charge in [0.1, 0.15) is 5.69 Å². The van der Waals surface area contributed by atoms with Crippen LogP contribution < -0.4 is 0 Å². The van der Waals surface area contributed by atoms with E-state index in [9.17, 15) is 0 Å². The van der Waals surface area contributed by atoms with Crippen molar-refractivity contribution in [2.45, 2.75) is 31.8 Å². The Kier molecular flexibility index (Phi) is 4.14. The second-order valence-electron chi connectivity index (χ2n) is 6.96. The number of nitrogens with zero attached hydrogens (tertiary/aromatic N) is 4. The summed E-state index contributed by atoms with van der Waals surface area (Å²) < 4.78 is 5.47. The van der Waals surface area contributed by atoms with Crippen LogP contribution in [0, 0.1) is 5.92 Å². The largest absolute Gasteiger partial charge is 0.359 e. The van der Waals surface area contributed by atoms with Crippen molar-refractivity contribution in [1.29, 1.82) is 0 Å². The molecule has 2 atom stereocenters. The lowest BCUT2D eigenvalue weighted by Crippen LogP contribution is -2.37. The molecule has 2 aliphatic rings. The fourth-order valence-electron chi connectivity index (χ4n) is 3.97. The zero-order chi connectivity index (χ0) is 15.6. The maximum atomic E-state index is 5.47. The molecule has 2 aromatic heterocycles. The molecule has 4 rings (SSSR count). The summed E-state index contributed by atoms with van der Waals surface area (Å²) in [7, 11) is 2.15. The molecule has 0 unspecified atom stereocenters. The van der Waals surface area contributed by atoms with Crippen molar-refractivity contribution in [2.75, 3.05) is 26.7 Å². The van der Waals surface area contributed by atoms with Crippen LogP contribution in [0.1, 0.15) is 25.0 Å². The molecule has 1 aliphatic heterocycles. The molecular formula is C18H24N4O. The molecule has 2 fully saturated rings. The van der Waals surface area contributed by atoms with Crippen molar-refractivity contribution < 1.29 is 4.52 Å². The van der Waals surface area contributed by atoms with Gasteiger partial charge in [-0.3, -0.25) is 14.8 Å². The highest BCUT2D eigenvalue weighted by Crippen LogP contribution is 2.36. The molecule has 2 bridgehead atoms. The molecule has 1 aliphatic carbocycles. The molecule has 0 N–H and O–H groups in total. The first kappa shape index (κ1) is 14.8. The molecule has 5 heteroatoms. The van der Waals surface area contributed by atoms with E-state index in [0.717, 1.165) is 42.2 Å². The van der Waals surface area contributed by atoms with E-state index >= 15 is 0 Å². The van der Waals surface area contributed by atoms with Crippen molar-refractivity contribution in [3.8, 4) is 11.4 Å². The van der Waals surface area contributed by atoms with Gasteiger partial charge in [0.05, 0.1) is 12.2 Å². The smallest absolute Gasteiger partial charge is 0.151 e. The van der Waals surface area contributed by atoms with Gasteiger partial charge in [0.2, 0.25) is 0 Å². The van der Waals surface area contributed by atoms with E-state index in [0.29, 0.717) is 0 Å². The molecular weight excluding hydrogens is 288 g/mol. The van der Waals surface area contributed by atoms with Gasteiger partial charge in [-0.2, -0.15) is 0 Å². The van der Waals surface area contributed by atoms with Gasteiger partial charge < -0.3 is 4.52 Å². The number of piperidine rings is 1. The highest BCUT2D eigenvalue weighted by molar-refractivity contribution is 5.52. The van der Waals surface area contributed by atoms with Gasteiger partial charge in [-0.1, -0.05) is 11.2 Å². The lowest BCUT2D eigenvalue weighted by Gasteiger charge is -2.28. The lowest BCUT2D eigenvalue weighted by atomic mass is 10.1. The standard InChI is InChI=1S/C18H24N4O/c1-21(8-9-22-12-14-5-6-15(22)10-14)13-16-11-18(20-23-16)17-4-2-3-7-19-17/h2-4,7,11,14-15H,5-6,8-10,12-13H2,1H3/t14-,15+/m1/s1. The van der Waals surface area contributed by atoms with Gasteiger partial charge in [-0.05, 0) is 44.4 Å². The molecule has 0 amide bonds. The van der Waals surface area contributed by atoms with Crippen molar-refractivity contribution in [3.63, 3.8) is 0 Å². The number of hydrogen-bond donors (Lipinski definition) is 0. The van der Waals surface area contributed by atoms with Crippen LogP contribution in [0.4, 0.5) is 0 Å². The highest BCUT2D eigenvalue weighted by atomic mass is 16.5. The minimum Gasteiger partial charge on any atom is -0.359 e. The van der Waals surface area contributed by atoms with Crippen LogP contribution in [0.3, 0.4) is 0 Å². The van der Waals surface area contributed by atoms with Crippen LogP contribution in [0.5, 0.6) is 0 Å². The number of likely N-dealkylation sites (tertiary alicyclic amines) is 1. The average molecular weight is 312 g/mol. The minimum absolute atomic E-state index is 0.793. The van der Waals surface area contributed by atoms with E-state index < -0.39 is 0 Å². The first-order valence-electron chi connectivity index (χ1n) is 8.57. The van der Waals surface area contributed by atoms with Gasteiger partial charge in [0.15, 0.2) is 5.76 Å². The third-order valence-corrected chi connectivity index (χ3v) is 5.20. The van der Waals surface area contributed by atoms with Gasteiger partial charge >= 0.3 is 0 Å². The maximum absolute atomic E-state index is 5.47. The predicted molar refractivity (Wildman–Crippen MR) is 88.8 cm³/mol. The molecule has 5 nitrogen and oxygen atoms in total. The molecule has 1 saturated heterocycles. The van der Waals surface area contributed by atoms with Gasteiger partial charge in [-0.25, -0.2) is 0 Å². The highest BCUT2D eigenvalue weighted by Gasteiger charge is 2.37. The third-order valence-electron chi connectivity index (χ3n) is 5.20. The van der Waals surface area contributed by atoms with E-state index in [2.05, 4.69) is 27.0 Å². The Morgan fingerprint density at radius 3 is 3.00 bits per heavy atom. The van der Waals surface area contributed by atoms with Crippen LogP contribution in [-0.2, 0) is 6.54 Å². The van der Waals surface area contributed by atoms with Gasteiger partial charge in [0.25, 0.3) is 0 Å². The Morgan fingerprint density at radius 2 is 2.26 bits per heavy atom. The summed E-state index contributed by atoms with van der Waals surface area (Å²) >= 11 is 0. The number of fused-ring (bicyclic) bond motifs is 2. The van der Waals surface area contributed by atoms with Crippen LogP contribution in [0.2, 0.25) is 0 Å². The molecule has 0 aromatic carbocycles. The van der Waals surface area contributed by atoms with Crippen molar-refractivity contribution in [3.05, 3.63) is 36.2 Å². The summed E-state index contributed by atoms with van der Waals surface area (Å²) in [5.74, 6) is 1.87. The fraction of sp³-hybridized carbons (Fsp3) is 0.556. The topological polar surface area (TPSA) is 45.4 Å². The first-order valence-corrected chi connectivity index (χ1v) is 8.57. The van der Waals surface area contributed by atoms with Crippen molar-refractivity contribution >= 4 is 0 Å². The maximum Gasteiger partial charge on any atom is 0.151 e. The summed E-state index contributed by atoms with van der Waals surface area (Å²) in [6, 6.07) is 8.68. The second-order valence-corrected chi connectivity index (χ2v) is 6.96. The Bertz CT molecular complexity index is 641. The lowest BCUT2D eigenvalue weighted by molar-refractivity contribution is 0.176. The fourth-order valence-corrected chi connectivity index (χ4v) is 3.97. The summed E-state index contributed by atoms with van der Waals surface area (Å²) in [5.41, 5.74) is 1.67. The Balaban J connectivity index is 1.29. The molecule has 2 aromatic rings. The second kappa shape index (κ2) is 6.42. The van der Waals surface area contributed by atoms with Crippen LogP contribution in [-0.4, -0.2) is 52.7 Å². The van der Waals surface area contributed by atoms with Crippen LogP contribution in [0.25, 0.3) is 11.4 Å². The monoisotopic (exact) mass is 312 g/mol. The van der Waals surface area contributed by atoms with E-state index in [1.807, 2.05) is 24.3 Å². The Labute approximate surface area is 137 Å². The predicted octanol–water partition coefficient (Wildman–Crippen LogP) is 2.65. The number of rotatable bonds is 6. The quantitative estimate of drug-likeness (QED) is 0.820. The minimum atomic E-state index is 0.793. The normalized spacial score (nSPS) is 23.9. The van der Waals surface area contributed by atoms with E-state index in [-0.39, 0.29) is 0 Å². The Morgan fingerprint density at radius 1 is 1.30 bits per heavy atom. The van der Waals surface area contributed by atoms with Gasteiger partial charge in [0, 0.05) is 37.9 Å². The van der Waals surface area contributed by atoms with E-state index in [1.54, 1.807) is 6.20 Å². The zero-order valence-electron chi connectivity index (χ0n) is 13.7. The zero-order valence-corrected chi connectivity index (χ0v) is 13.7. The number of likely N-dealkylation sites (N-methyl/N-ethyl adjacent to an activating group) is 1. The molecule has 1 saturated carbocycles. The summed E-state index contributed by atoms with van der Waals surface area (Å²) in [4.78, 5) is 9.29. The first-order chi connectivity index (χ1) is 11.3. The average Bonchev–Trinajstić information content (AvgIpc) is 3.30. The van der Waals surface area contributed by atoms with Crippen molar-refractivity contribution in [2.24, 2.45) is 5.92 Å². The van der Waals surface area contributed by atoms with E-state index in [4.69, 9.17) is 4.52 Å². The number of aromatic nitrogens is 2.